The van der Waals surface area contributed by atoms with E-state index in [0.717, 1.165) is 0 Å². The fourth-order valence-electron chi connectivity index (χ4n) is 2.18. The van der Waals surface area contributed by atoms with E-state index >= 15 is 0 Å². The number of halogens is 1. The van der Waals surface area contributed by atoms with Gasteiger partial charge in [0.2, 0.25) is 10.0 Å². The maximum atomic E-state index is 12.5. The highest BCUT2D eigenvalue weighted by molar-refractivity contribution is 7.89. The fraction of sp³-hybridized carbons (Fsp3) is 0.500. The highest BCUT2D eigenvalue weighted by Crippen LogP contribution is 2.28. The van der Waals surface area contributed by atoms with E-state index in [1.165, 1.54) is 16.4 Å². The van der Waals surface area contributed by atoms with Crippen LogP contribution in [0.2, 0.25) is 5.02 Å². The van der Waals surface area contributed by atoms with Crippen LogP contribution in [-0.4, -0.2) is 39.0 Å². The minimum absolute atomic E-state index is 0.0795. The molecule has 1 aliphatic heterocycles. The fourth-order valence-corrected chi connectivity index (χ4v) is 4.03. The molecule has 1 saturated heterocycles. The number of piperidine rings is 1. The molecule has 0 atom stereocenters. The summed E-state index contributed by atoms with van der Waals surface area (Å²) in [6.07, 6.45) is 1.51. The molecule has 1 fully saturated rings. The maximum Gasteiger partial charge on any atom is 0.245 e. The van der Waals surface area contributed by atoms with Gasteiger partial charge < -0.3 is 10.5 Å². The van der Waals surface area contributed by atoms with Gasteiger partial charge in [0.1, 0.15) is 4.90 Å². The van der Waals surface area contributed by atoms with Crippen LogP contribution in [0.15, 0.2) is 23.1 Å². The summed E-state index contributed by atoms with van der Waals surface area (Å²) < 4.78 is 31.7. The van der Waals surface area contributed by atoms with Crippen LogP contribution in [-0.2, 0) is 14.8 Å². The summed E-state index contributed by atoms with van der Waals surface area (Å²) in [4.78, 5) is 0.0795. The van der Waals surface area contributed by atoms with Crippen molar-refractivity contribution in [3.63, 3.8) is 0 Å². The molecule has 5 nitrogen and oxygen atoms in total. The molecule has 7 heteroatoms. The van der Waals surface area contributed by atoms with Crippen LogP contribution in [0.4, 0.5) is 5.69 Å². The number of anilines is 1. The molecule has 0 spiro atoms. The van der Waals surface area contributed by atoms with Crippen LogP contribution in [0.25, 0.3) is 0 Å². The topological polar surface area (TPSA) is 72.6 Å². The third kappa shape index (κ3) is 3.02. The average molecular weight is 305 g/mol. The lowest BCUT2D eigenvalue weighted by molar-refractivity contribution is 0.0604. The third-order valence-electron chi connectivity index (χ3n) is 3.33. The van der Waals surface area contributed by atoms with Crippen LogP contribution in [0.1, 0.15) is 12.8 Å². The number of hydrogen-bond donors (Lipinski definition) is 1. The Balaban J connectivity index is 2.26. The van der Waals surface area contributed by atoms with Gasteiger partial charge in [-0.1, -0.05) is 11.6 Å². The van der Waals surface area contributed by atoms with Gasteiger partial charge in [0.15, 0.2) is 0 Å². The van der Waals surface area contributed by atoms with Crippen molar-refractivity contribution in [3.8, 4) is 0 Å². The monoisotopic (exact) mass is 304 g/mol. The minimum Gasteiger partial charge on any atom is -0.398 e. The number of rotatable bonds is 3. The Morgan fingerprint density at radius 3 is 2.58 bits per heavy atom. The standard InChI is InChI=1S/C12H17ClN2O3S/c1-18-10-4-6-15(7-5-10)19(16,17)12-8-9(13)2-3-11(12)14/h2-3,8,10H,4-7,14H2,1H3. The zero-order chi connectivity index (χ0) is 14.0. The normalized spacial score (nSPS) is 18.6. The van der Waals surface area contributed by atoms with Gasteiger partial charge in [0, 0.05) is 25.2 Å². The molecule has 1 aromatic rings. The predicted octanol–water partition coefficient (Wildman–Crippen LogP) is 1.72. The smallest absolute Gasteiger partial charge is 0.245 e. The SMILES string of the molecule is COC1CCN(S(=O)(=O)c2cc(Cl)ccc2N)CC1. The van der Waals surface area contributed by atoms with E-state index in [4.69, 9.17) is 22.1 Å². The Bertz CT molecular complexity index is 554. The van der Waals surface area contributed by atoms with Gasteiger partial charge in [0.05, 0.1) is 11.8 Å². The lowest BCUT2D eigenvalue weighted by Crippen LogP contribution is -2.40. The summed E-state index contributed by atoms with van der Waals surface area (Å²) in [5, 5.41) is 0.361. The number of sulfonamides is 1. The van der Waals surface area contributed by atoms with Gasteiger partial charge in [-0.05, 0) is 31.0 Å². The van der Waals surface area contributed by atoms with Gasteiger partial charge in [-0.15, -0.1) is 0 Å². The molecule has 0 saturated carbocycles. The number of hydrogen-bond acceptors (Lipinski definition) is 4. The summed E-state index contributed by atoms with van der Waals surface area (Å²) in [5.74, 6) is 0. The van der Waals surface area contributed by atoms with Crippen LogP contribution < -0.4 is 5.73 Å². The molecule has 0 unspecified atom stereocenters. The van der Waals surface area contributed by atoms with E-state index in [0.29, 0.717) is 31.0 Å². The largest absolute Gasteiger partial charge is 0.398 e. The Morgan fingerprint density at radius 2 is 2.00 bits per heavy atom. The molecule has 0 radical (unpaired) electrons. The van der Waals surface area contributed by atoms with Crippen molar-refractivity contribution in [1.82, 2.24) is 4.31 Å². The van der Waals surface area contributed by atoms with Crippen molar-refractivity contribution in [2.24, 2.45) is 0 Å². The van der Waals surface area contributed by atoms with Crippen molar-refractivity contribution in [1.29, 1.82) is 0 Å². The average Bonchev–Trinajstić information content (AvgIpc) is 2.41. The van der Waals surface area contributed by atoms with E-state index in [1.54, 1.807) is 13.2 Å². The third-order valence-corrected chi connectivity index (χ3v) is 5.52. The molecular weight excluding hydrogens is 288 g/mol. The van der Waals surface area contributed by atoms with Gasteiger partial charge in [-0.25, -0.2) is 8.42 Å². The van der Waals surface area contributed by atoms with Crippen LogP contribution in [0.3, 0.4) is 0 Å². The van der Waals surface area contributed by atoms with E-state index in [-0.39, 0.29) is 16.7 Å². The Labute approximate surface area is 118 Å². The Hall–Kier alpha value is -0.820. The number of benzene rings is 1. The molecule has 1 aliphatic rings. The molecule has 2 rings (SSSR count). The van der Waals surface area contributed by atoms with Crippen LogP contribution >= 0.6 is 11.6 Å². The van der Waals surface area contributed by atoms with Gasteiger partial charge in [-0.2, -0.15) is 4.31 Å². The minimum atomic E-state index is -3.58. The summed E-state index contributed by atoms with van der Waals surface area (Å²) in [6, 6.07) is 4.48. The highest BCUT2D eigenvalue weighted by Gasteiger charge is 2.30. The first-order valence-electron chi connectivity index (χ1n) is 6.03. The quantitative estimate of drug-likeness (QED) is 0.863. The van der Waals surface area contributed by atoms with Crippen molar-refractivity contribution in [2.45, 2.75) is 23.8 Å². The van der Waals surface area contributed by atoms with E-state index in [1.807, 2.05) is 0 Å². The molecule has 0 aromatic heterocycles. The molecule has 1 aromatic carbocycles. The first-order valence-corrected chi connectivity index (χ1v) is 7.85. The van der Waals surface area contributed by atoms with Crippen molar-refractivity contribution >= 4 is 27.3 Å². The number of ether oxygens (including phenoxy) is 1. The second-order valence-electron chi connectivity index (χ2n) is 4.52. The highest BCUT2D eigenvalue weighted by atomic mass is 35.5. The predicted molar refractivity (Wildman–Crippen MR) is 74.7 cm³/mol. The van der Waals surface area contributed by atoms with Gasteiger partial charge in [0.25, 0.3) is 0 Å². The molecule has 106 valence electrons. The number of nitrogen functional groups attached to an aromatic ring is 1. The molecule has 2 N–H and O–H groups in total. The molecule has 19 heavy (non-hydrogen) atoms. The summed E-state index contributed by atoms with van der Waals surface area (Å²) >= 11 is 5.85. The Morgan fingerprint density at radius 1 is 1.37 bits per heavy atom. The zero-order valence-corrected chi connectivity index (χ0v) is 12.2. The van der Waals surface area contributed by atoms with Crippen molar-refractivity contribution in [2.75, 3.05) is 25.9 Å². The van der Waals surface area contributed by atoms with Crippen LogP contribution in [0.5, 0.6) is 0 Å². The maximum absolute atomic E-state index is 12.5. The van der Waals surface area contributed by atoms with Crippen molar-refractivity contribution < 1.29 is 13.2 Å². The van der Waals surface area contributed by atoms with Crippen LogP contribution in [0, 0.1) is 0 Å². The second kappa shape index (κ2) is 5.66. The lowest BCUT2D eigenvalue weighted by Gasteiger charge is -2.30. The number of nitrogens with two attached hydrogens (primary N) is 1. The zero-order valence-electron chi connectivity index (χ0n) is 10.7. The molecular formula is C12H17ClN2O3S. The van der Waals surface area contributed by atoms with Gasteiger partial charge in [-0.3, -0.25) is 0 Å². The first-order chi connectivity index (χ1) is 8.95. The first kappa shape index (κ1) is 14.6. The summed E-state index contributed by atoms with van der Waals surface area (Å²) in [5.41, 5.74) is 5.97. The number of methoxy groups -OCH3 is 1. The molecule has 1 heterocycles. The second-order valence-corrected chi connectivity index (χ2v) is 6.86. The molecule has 0 aliphatic carbocycles. The van der Waals surface area contributed by atoms with Gasteiger partial charge >= 0.3 is 0 Å². The molecule has 0 bridgehead atoms. The van der Waals surface area contributed by atoms with E-state index in [9.17, 15) is 8.42 Å². The summed E-state index contributed by atoms with van der Waals surface area (Å²) in [6.45, 7) is 0.875. The summed E-state index contributed by atoms with van der Waals surface area (Å²) in [7, 11) is -1.94. The molecule has 0 amide bonds. The van der Waals surface area contributed by atoms with E-state index < -0.39 is 10.0 Å². The van der Waals surface area contributed by atoms with Crippen molar-refractivity contribution in [3.05, 3.63) is 23.2 Å². The number of nitrogens with zero attached hydrogens (tertiary/aromatic N) is 1. The Kier molecular flexibility index (Phi) is 4.35. The lowest BCUT2D eigenvalue weighted by atomic mass is 10.1. The van der Waals surface area contributed by atoms with E-state index in [2.05, 4.69) is 0 Å².